The molecular formula is C19H19N3O3S. The third kappa shape index (κ3) is 3.83. The molecule has 1 aromatic carbocycles. The number of benzene rings is 1. The van der Waals surface area contributed by atoms with Crippen molar-refractivity contribution >= 4 is 23.2 Å². The third-order valence-electron chi connectivity index (χ3n) is 3.95. The summed E-state index contributed by atoms with van der Waals surface area (Å²) >= 11 is 1.38. The number of nitrogens with one attached hydrogen (secondary N) is 2. The monoisotopic (exact) mass is 369 g/mol. The molecule has 0 saturated heterocycles. The zero-order chi connectivity index (χ0) is 18.7. The van der Waals surface area contributed by atoms with Crippen molar-refractivity contribution in [3.05, 3.63) is 64.6 Å². The Morgan fingerprint density at radius 1 is 1.08 bits per heavy atom. The summed E-state index contributed by atoms with van der Waals surface area (Å²) in [5.41, 5.74) is 7.55. The van der Waals surface area contributed by atoms with Gasteiger partial charge in [0.05, 0.1) is 11.8 Å². The van der Waals surface area contributed by atoms with Crippen molar-refractivity contribution < 1.29 is 14.0 Å². The molecule has 0 radical (unpaired) electrons. The minimum absolute atomic E-state index is 0.252. The first-order valence-electron chi connectivity index (χ1n) is 8.16. The van der Waals surface area contributed by atoms with E-state index in [2.05, 4.69) is 41.8 Å². The van der Waals surface area contributed by atoms with Crippen LogP contribution in [0.4, 0.5) is 0 Å². The minimum Gasteiger partial charge on any atom is -0.469 e. The molecule has 0 aliphatic rings. The molecule has 7 heteroatoms. The van der Waals surface area contributed by atoms with E-state index in [0.717, 1.165) is 10.6 Å². The first-order chi connectivity index (χ1) is 12.5. The van der Waals surface area contributed by atoms with E-state index in [4.69, 9.17) is 4.42 Å². The number of thiazole rings is 1. The Hall–Kier alpha value is -2.93. The van der Waals surface area contributed by atoms with Crippen LogP contribution in [0.25, 0.3) is 10.6 Å². The van der Waals surface area contributed by atoms with Crippen LogP contribution in [-0.4, -0.2) is 16.8 Å². The molecule has 0 atom stereocenters. The Labute approximate surface area is 155 Å². The number of carbonyl (C=O) groups is 2. The topological polar surface area (TPSA) is 84.2 Å². The van der Waals surface area contributed by atoms with Crippen LogP contribution in [0.3, 0.4) is 0 Å². The second kappa shape index (κ2) is 7.53. The predicted octanol–water partition coefficient (Wildman–Crippen LogP) is 3.91. The van der Waals surface area contributed by atoms with Crippen LogP contribution in [0.1, 0.15) is 51.9 Å². The summed E-state index contributed by atoms with van der Waals surface area (Å²) < 4.78 is 5.07. The maximum absolute atomic E-state index is 12.2. The fourth-order valence-electron chi connectivity index (χ4n) is 2.39. The van der Waals surface area contributed by atoms with Crippen molar-refractivity contribution in [2.45, 2.75) is 26.7 Å². The lowest BCUT2D eigenvalue weighted by Gasteiger charge is -2.05. The summed E-state index contributed by atoms with van der Waals surface area (Å²) in [6, 6.07) is 9.67. The summed E-state index contributed by atoms with van der Waals surface area (Å²) in [5.74, 6) is 0.0341. The minimum atomic E-state index is -0.471. The van der Waals surface area contributed by atoms with Crippen molar-refractivity contribution in [2.75, 3.05) is 0 Å². The lowest BCUT2D eigenvalue weighted by molar-refractivity contribution is 0.0843. The Morgan fingerprint density at radius 3 is 2.38 bits per heavy atom. The predicted molar refractivity (Wildman–Crippen MR) is 100 cm³/mol. The smallest absolute Gasteiger partial charge is 0.289 e. The Bertz CT molecular complexity index is 926. The van der Waals surface area contributed by atoms with Crippen molar-refractivity contribution in [3.63, 3.8) is 0 Å². The van der Waals surface area contributed by atoms with Gasteiger partial charge in [0.25, 0.3) is 11.8 Å². The van der Waals surface area contributed by atoms with E-state index < -0.39 is 11.8 Å². The second-order valence-electron chi connectivity index (χ2n) is 6.11. The van der Waals surface area contributed by atoms with E-state index in [0.29, 0.717) is 17.2 Å². The molecule has 0 unspecified atom stereocenters. The largest absolute Gasteiger partial charge is 0.469 e. The van der Waals surface area contributed by atoms with Gasteiger partial charge in [-0.05, 0) is 24.5 Å². The standard InChI is InChI=1S/C19H19N3O3S/c1-11(2)13-4-6-14(7-5-13)19-20-16(10-26-19)18(24)22-21-17(23)15-8-9-25-12(15)3/h4-11H,1-3H3,(H,21,23)(H,22,24). The van der Waals surface area contributed by atoms with Crippen LogP contribution in [0.15, 0.2) is 46.4 Å². The van der Waals surface area contributed by atoms with E-state index in [1.54, 1.807) is 18.4 Å². The number of carbonyl (C=O) groups excluding carboxylic acids is 2. The van der Waals surface area contributed by atoms with Crippen LogP contribution in [-0.2, 0) is 0 Å². The van der Waals surface area contributed by atoms with Crippen molar-refractivity contribution in [2.24, 2.45) is 0 Å². The molecular weight excluding hydrogens is 350 g/mol. The van der Waals surface area contributed by atoms with Gasteiger partial charge in [-0.25, -0.2) is 4.98 Å². The van der Waals surface area contributed by atoms with Crippen LogP contribution < -0.4 is 10.9 Å². The summed E-state index contributed by atoms with van der Waals surface area (Å²) in [7, 11) is 0. The van der Waals surface area contributed by atoms with Gasteiger partial charge < -0.3 is 4.42 Å². The normalized spacial score (nSPS) is 10.8. The van der Waals surface area contributed by atoms with E-state index >= 15 is 0 Å². The number of aryl methyl sites for hydroxylation is 1. The molecule has 2 amide bonds. The highest BCUT2D eigenvalue weighted by atomic mass is 32.1. The van der Waals surface area contributed by atoms with Crippen LogP contribution in [0, 0.1) is 6.92 Å². The van der Waals surface area contributed by atoms with E-state index in [1.165, 1.54) is 23.2 Å². The Balaban J connectivity index is 1.64. The highest BCUT2D eigenvalue weighted by molar-refractivity contribution is 7.13. The first kappa shape index (κ1) is 17.9. The molecule has 134 valence electrons. The number of amides is 2. The van der Waals surface area contributed by atoms with E-state index in [9.17, 15) is 9.59 Å². The summed E-state index contributed by atoms with van der Waals surface area (Å²) in [6.45, 7) is 5.95. The molecule has 3 aromatic rings. The SMILES string of the molecule is Cc1occc1C(=O)NNC(=O)c1csc(-c2ccc(C(C)C)cc2)n1. The average Bonchev–Trinajstić information content (AvgIpc) is 3.28. The van der Waals surface area contributed by atoms with E-state index in [-0.39, 0.29) is 5.69 Å². The summed E-state index contributed by atoms with van der Waals surface area (Å²) in [6.07, 6.45) is 1.42. The van der Waals surface area contributed by atoms with Gasteiger partial charge >= 0.3 is 0 Å². The molecule has 3 rings (SSSR count). The van der Waals surface area contributed by atoms with E-state index in [1.807, 2.05) is 12.1 Å². The number of rotatable bonds is 4. The van der Waals surface area contributed by atoms with Crippen LogP contribution in [0.2, 0.25) is 0 Å². The summed E-state index contributed by atoms with van der Waals surface area (Å²) in [5, 5.41) is 2.42. The molecule has 0 spiro atoms. The quantitative estimate of drug-likeness (QED) is 0.683. The number of aromatic nitrogens is 1. The molecule has 2 heterocycles. The Morgan fingerprint density at radius 2 is 1.77 bits per heavy atom. The van der Waals surface area contributed by atoms with Crippen molar-refractivity contribution in [3.8, 4) is 10.6 Å². The van der Waals surface area contributed by atoms with Gasteiger partial charge in [-0.1, -0.05) is 38.1 Å². The summed E-state index contributed by atoms with van der Waals surface area (Å²) in [4.78, 5) is 28.5. The molecule has 2 N–H and O–H groups in total. The van der Waals surface area contributed by atoms with Crippen molar-refractivity contribution in [1.29, 1.82) is 0 Å². The number of hydrogen-bond acceptors (Lipinski definition) is 5. The highest BCUT2D eigenvalue weighted by Crippen LogP contribution is 2.25. The number of hydrazine groups is 1. The number of nitrogens with zero attached hydrogens (tertiary/aromatic N) is 1. The molecule has 0 aliphatic heterocycles. The molecule has 26 heavy (non-hydrogen) atoms. The lowest BCUT2D eigenvalue weighted by atomic mass is 10.0. The van der Waals surface area contributed by atoms with Gasteiger partial charge in [-0.3, -0.25) is 20.4 Å². The zero-order valence-electron chi connectivity index (χ0n) is 14.7. The maximum atomic E-state index is 12.2. The third-order valence-corrected chi connectivity index (χ3v) is 4.85. The molecule has 0 bridgehead atoms. The van der Waals surface area contributed by atoms with Gasteiger partial charge in [0, 0.05) is 10.9 Å². The first-order valence-corrected chi connectivity index (χ1v) is 9.04. The Kier molecular flexibility index (Phi) is 5.18. The lowest BCUT2D eigenvalue weighted by Crippen LogP contribution is -2.41. The highest BCUT2D eigenvalue weighted by Gasteiger charge is 2.15. The average molecular weight is 369 g/mol. The fraction of sp³-hybridized carbons (Fsp3) is 0.211. The van der Waals surface area contributed by atoms with Gasteiger partial charge in [0.15, 0.2) is 0 Å². The number of hydrogen-bond donors (Lipinski definition) is 2. The van der Waals surface area contributed by atoms with Crippen LogP contribution >= 0.6 is 11.3 Å². The molecule has 6 nitrogen and oxygen atoms in total. The second-order valence-corrected chi connectivity index (χ2v) is 6.97. The van der Waals surface area contributed by atoms with Gasteiger partial charge in [0.2, 0.25) is 0 Å². The zero-order valence-corrected chi connectivity index (χ0v) is 15.5. The van der Waals surface area contributed by atoms with Gasteiger partial charge in [-0.2, -0.15) is 0 Å². The van der Waals surface area contributed by atoms with Gasteiger partial charge in [-0.15, -0.1) is 11.3 Å². The maximum Gasteiger partial charge on any atom is 0.289 e. The molecule has 0 aliphatic carbocycles. The van der Waals surface area contributed by atoms with Crippen molar-refractivity contribution in [1.82, 2.24) is 15.8 Å². The molecule has 0 fully saturated rings. The van der Waals surface area contributed by atoms with Gasteiger partial charge in [0.1, 0.15) is 16.5 Å². The van der Waals surface area contributed by atoms with Crippen LogP contribution in [0.5, 0.6) is 0 Å². The molecule has 2 aromatic heterocycles. The molecule has 0 saturated carbocycles. The fourth-order valence-corrected chi connectivity index (χ4v) is 3.19. The number of furan rings is 1.